The molecule has 29 heavy (non-hydrogen) atoms. The van der Waals surface area contributed by atoms with Crippen LogP contribution in [0.25, 0.3) is 0 Å². The zero-order valence-electron chi connectivity index (χ0n) is 16.8. The van der Waals surface area contributed by atoms with E-state index in [-0.39, 0.29) is 24.3 Å². The Labute approximate surface area is 181 Å². The summed E-state index contributed by atoms with van der Waals surface area (Å²) in [5.41, 5.74) is 2.80. The van der Waals surface area contributed by atoms with Gasteiger partial charge in [0.15, 0.2) is 0 Å². The Bertz CT molecular complexity index is 830. The summed E-state index contributed by atoms with van der Waals surface area (Å²) in [6.45, 7) is 3.50. The van der Waals surface area contributed by atoms with Crippen LogP contribution >= 0.6 is 15.9 Å². The van der Waals surface area contributed by atoms with Gasteiger partial charge in [0, 0.05) is 24.5 Å². The van der Waals surface area contributed by atoms with Crippen LogP contribution in [0.5, 0.6) is 0 Å². The van der Waals surface area contributed by atoms with E-state index >= 15 is 0 Å². The quantitative estimate of drug-likeness (QED) is 0.638. The summed E-state index contributed by atoms with van der Waals surface area (Å²) in [6, 6.07) is 15.3. The summed E-state index contributed by atoms with van der Waals surface area (Å²) in [7, 11) is 0. The van der Waals surface area contributed by atoms with Crippen LogP contribution in [0, 0.1) is 0 Å². The first kappa shape index (κ1) is 21.4. The summed E-state index contributed by atoms with van der Waals surface area (Å²) in [5, 5.41) is 5.97. The molecule has 3 rings (SSSR count). The zero-order valence-corrected chi connectivity index (χ0v) is 18.4. The van der Waals surface area contributed by atoms with Crippen LogP contribution in [0.2, 0.25) is 0 Å². The van der Waals surface area contributed by atoms with E-state index in [1.54, 1.807) is 0 Å². The summed E-state index contributed by atoms with van der Waals surface area (Å²) in [5.74, 6) is -0.273. The fourth-order valence-corrected chi connectivity index (χ4v) is 4.01. The predicted octanol–water partition coefficient (Wildman–Crippen LogP) is 5.04. The van der Waals surface area contributed by atoms with Crippen molar-refractivity contribution < 1.29 is 9.59 Å². The summed E-state index contributed by atoms with van der Waals surface area (Å²) in [4.78, 5) is 26.9. The lowest BCUT2D eigenvalue weighted by Gasteiger charge is -2.26. The van der Waals surface area contributed by atoms with Crippen molar-refractivity contribution in [1.82, 2.24) is 5.32 Å². The van der Waals surface area contributed by atoms with Gasteiger partial charge in [-0.1, -0.05) is 53.0 Å². The van der Waals surface area contributed by atoms with Crippen molar-refractivity contribution in [2.45, 2.75) is 45.1 Å². The van der Waals surface area contributed by atoms with Crippen molar-refractivity contribution in [1.29, 1.82) is 0 Å². The molecule has 2 aromatic carbocycles. The molecule has 2 amide bonds. The fraction of sp³-hybridized carbons (Fsp3) is 0.391. The number of nitrogens with zero attached hydrogens (tertiary/aromatic N) is 1. The van der Waals surface area contributed by atoms with Gasteiger partial charge >= 0.3 is 0 Å². The maximum absolute atomic E-state index is 12.9. The minimum absolute atomic E-state index is 0.117. The third kappa shape index (κ3) is 6.32. The van der Waals surface area contributed by atoms with Crippen molar-refractivity contribution >= 4 is 39.1 Å². The Kier molecular flexibility index (Phi) is 7.69. The Balaban J connectivity index is 1.73. The maximum atomic E-state index is 12.9. The molecular weight excluding hydrogens is 430 g/mol. The number of para-hydroxylation sites is 2. The highest BCUT2D eigenvalue weighted by atomic mass is 79.9. The van der Waals surface area contributed by atoms with E-state index in [2.05, 4.69) is 37.5 Å². The number of carbonyl (C=O) groups is 2. The standard InChI is InChI=1S/C23H28BrN3O2/c1-17(28)25-21(18-10-12-19(24)13-11-18)16-23(29)26-20-8-4-5-9-22(20)27-14-6-2-3-7-15-27/h4-5,8-13,21H,2-3,6-7,14-16H2,1H3,(H,25,28)(H,26,29). The number of anilines is 2. The number of benzene rings is 2. The van der Waals surface area contributed by atoms with Crippen LogP contribution in [0.1, 0.15) is 50.6 Å². The average molecular weight is 458 g/mol. The van der Waals surface area contributed by atoms with Gasteiger partial charge in [-0.2, -0.15) is 0 Å². The number of nitrogens with one attached hydrogen (secondary N) is 2. The van der Waals surface area contributed by atoms with Crippen LogP contribution in [0.3, 0.4) is 0 Å². The van der Waals surface area contributed by atoms with E-state index in [1.165, 1.54) is 32.6 Å². The molecular formula is C23H28BrN3O2. The molecule has 2 N–H and O–H groups in total. The molecule has 0 saturated carbocycles. The van der Waals surface area contributed by atoms with Crippen LogP contribution in [-0.2, 0) is 9.59 Å². The first-order valence-electron chi connectivity index (χ1n) is 10.2. The third-order valence-corrected chi connectivity index (χ3v) is 5.69. The molecule has 1 aliphatic heterocycles. The molecule has 2 aromatic rings. The van der Waals surface area contributed by atoms with Crippen LogP contribution in [0.4, 0.5) is 11.4 Å². The van der Waals surface area contributed by atoms with Gasteiger partial charge in [-0.05, 0) is 42.7 Å². The molecule has 1 atom stereocenters. The van der Waals surface area contributed by atoms with Crippen LogP contribution < -0.4 is 15.5 Å². The molecule has 0 radical (unpaired) electrons. The molecule has 0 aromatic heterocycles. The predicted molar refractivity (Wildman–Crippen MR) is 121 cm³/mol. The molecule has 1 fully saturated rings. The van der Waals surface area contributed by atoms with Crippen molar-refractivity contribution in [2.24, 2.45) is 0 Å². The minimum atomic E-state index is -0.369. The van der Waals surface area contributed by atoms with E-state index in [4.69, 9.17) is 0 Å². The minimum Gasteiger partial charge on any atom is -0.370 e. The Hall–Kier alpha value is -2.34. The summed E-state index contributed by atoms with van der Waals surface area (Å²) >= 11 is 3.42. The van der Waals surface area contributed by atoms with Gasteiger partial charge in [0.25, 0.3) is 0 Å². The smallest absolute Gasteiger partial charge is 0.226 e. The molecule has 1 aliphatic rings. The molecule has 0 spiro atoms. The van der Waals surface area contributed by atoms with E-state index in [1.807, 2.05) is 42.5 Å². The van der Waals surface area contributed by atoms with Gasteiger partial charge in [-0.3, -0.25) is 9.59 Å². The Morgan fingerprint density at radius 1 is 1.00 bits per heavy atom. The second kappa shape index (κ2) is 10.4. The molecule has 1 saturated heterocycles. The molecule has 0 aliphatic carbocycles. The van der Waals surface area contributed by atoms with Gasteiger partial charge in [0.2, 0.25) is 11.8 Å². The van der Waals surface area contributed by atoms with Gasteiger partial charge in [-0.25, -0.2) is 0 Å². The average Bonchev–Trinajstić information content (AvgIpc) is 2.97. The normalized spacial score (nSPS) is 15.3. The number of carbonyl (C=O) groups excluding carboxylic acids is 2. The van der Waals surface area contributed by atoms with E-state index in [9.17, 15) is 9.59 Å². The van der Waals surface area contributed by atoms with Gasteiger partial charge in [0.05, 0.1) is 23.8 Å². The van der Waals surface area contributed by atoms with Gasteiger partial charge in [-0.15, -0.1) is 0 Å². The Morgan fingerprint density at radius 3 is 2.31 bits per heavy atom. The number of rotatable bonds is 6. The van der Waals surface area contributed by atoms with E-state index in [0.29, 0.717) is 0 Å². The molecule has 1 unspecified atom stereocenters. The summed E-state index contributed by atoms with van der Waals surface area (Å²) in [6.07, 6.45) is 5.05. The van der Waals surface area contributed by atoms with Crippen LogP contribution in [0.15, 0.2) is 53.0 Å². The zero-order chi connectivity index (χ0) is 20.6. The molecule has 6 heteroatoms. The van der Waals surface area contributed by atoms with Crippen molar-refractivity contribution in [3.63, 3.8) is 0 Å². The largest absolute Gasteiger partial charge is 0.370 e. The first-order chi connectivity index (χ1) is 14.0. The van der Waals surface area contributed by atoms with Crippen molar-refractivity contribution in [2.75, 3.05) is 23.3 Å². The Morgan fingerprint density at radius 2 is 1.66 bits per heavy atom. The second-order valence-electron chi connectivity index (χ2n) is 7.48. The van der Waals surface area contributed by atoms with Gasteiger partial charge < -0.3 is 15.5 Å². The topological polar surface area (TPSA) is 61.4 Å². The number of hydrogen-bond donors (Lipinski definition) is 2. The highest BCUT2D eigenvalue weighted by Crippen LogP contribution is 2.29. The fourth-order valence-electron chi connectivity index (χ4n) is 3.75. The highest BCUT2D eigenvalue weighted by molar-refractivity contribution is 9.10. The lowest BCUT2D eigenvalue weighted by atomic mass is 10.0. The molecule has 1 heterocycles. The molecule has 0 bridgehead atoms. The lowest BCUT2D eigenvalue weighted by molar-refractivity contribution is -0.120. The molecule has 154 valence electrons. The second-order valence-corrected chi connectivity index (χ2v) is 8.39. The SMILES string of the molecule is CC(=O)NC(CC(=O)Nc1ccccc1N1CCCCCC1)c1ccc(Br)cc1. The van der Waals surface area contributed by atoms with Crippen molar-refractivity contribution in [3.8, 4) is 0 Å². The van der Waals surface area contributed by atoms with Crippen LogP contribution in [-0.4, -0.2) is 24.9 Å². The van der Waals surface area contributed by atoms with E-state index in [0.717, 1.165) is 34.5 Å². The third-order valence-electron chi connectivity index (χ3n) is 5.16. The summed E-state index contributed by atoms with van der Waals surface area (Å²) < 4.78 is 0.957. The lowest BCUT2D eigenvalue weighted by Crippen LogP contribution is -2.30. The van der Waals surface area contributed by atoms with E-state index < -0.39 is 0 Å². The molecule has 5 nitrogen and oxygen atoms in total. The van der Waals surface area contributed by atoms with Gasteiger partial charge in [0.1, 0.15) is 0 Å². The monoisotopic (exact) mass is 457 g/mol. The highest BCUT2D eigenvalue weighted by Gasteiger charge is 2.19. The van der Waals surface area contributed by atoms with Crippen molar-refractivity contribution in [3.05, 3.63) is 58.6 Å². The number of amides is 2. The maximum Gasteiger partial charge on any atom is 0.226 e. The first-order valence-corrected chi connectivity index (χ1v) is 11.0. The number of hydrogen-bond acceptors (Lipinski definition) is 3. The number of halogens is 1.